The maximum Gasteiger partial charge on any atom is 0.0417 e. The lowest BCUT2D eigenvalue weighted by atomic mass is 9.97. The first-order valence-electron chi connectivity index (χ1n) is 6.48. The van der Waals surface area contributed by atoms with E-state index < -0.39 is 0 Å². The summed E-state index contributed by atoms with van der Waals surface area (Å²) in [5.41, 5.74) is 1.27. The highest BCUT2D eigenvalue weighted by Gasteiger charge is 2.15. The van der Waals surface area contributed by atoms with Crippen LogP contribution in [0.3, 0.4) is 0 Å². The van der Waals surface area contributed by atoms with Crippen molar-refractivity contribution in [2.45, 2.75) is 19.4 Å². The van der Waals surface area contributed by atoms with Crippen molar-refractivity contribution >= 4 is 27.5 Å². The van der Waals surface area contributed by atoms with Crippen LogP contribution in [0, 0.1) is 5.92 Å². The molecule has 0 unspecified atom stereocenters. The van der Waals surface area contributed by atoms with Crippen molar-refractivity contribution in [2.75, 3.05) is 26.7 Å². The highest BCUT2D eigenvalue weighted by atomic mass is 79.9. The average Bonchev–Trinajstić information content (AvgIpc) is 2.34. The number of likely N-dealkylation sites (tertiary alicyclic amines) is 1. The molecule has 1 N–H and O–H groups in total. The van der Waals surface area contributed by atoms with E-state index in [2.05, 4.69) is 39.3 Å². The molecule has 0 bridgehead atoms. The lowest BCUT2D eigenvalue weighted by Gasteiger charge is -2.29. The first kappa shape index (κ1) is 14.3. The van der Waals surface area contributed by atoms with E-state index in [1.807, 2.05) is 12.1 Å². The van der Waals surface area contributed by atoms with Gasteiger partial charge in [-0.1, -0.05) is 33.6 Å². The van der Waals surface area contributed by atoms with Gasteiger partial charge in [-0.15, -0.1) is 0 Å². The van der Waals surface area contributed by atoms with Crippen molar-refractivity contribution in [3.63, 3.8) is 0 Å². The van der Waals surface area contributed by atoms with E-state index in [0.717, 1.165) is 28.5 Å². The van der Waals surface area contributed by atoms with Crippen molar-refractivity contribution in [3.8, 4) is 0 Å². The summed E-state index contributed by atoms with van der Waals surface area (Å²) in [5, 5.41) is 4.33. The molecule has 0 atom stereocenters. The van der Waals surface area contributed by atoms with Gasteiger partial charge < -0.3 is 10.2 Å². The Labute approximate surface area is 123 Å². The molecule has 0 radical (unpaired) electrons. The van der Waals surface area contributed by atoms with Gasteiger partial charge in [0.2, 0.25) is 0 Å². The van der Waals surface area contributed by atoms with Crippen molar-refractivity contribution < 1.29 is 0 Å². The minimum atomic E-state index is 0.779. The highest BCUT2D eigenvalue weighted by molar-refractivity contribution is 9.10. The first-order valence-corrected chi connectivity index (χ1v) is 7.65. The summed E-state index contributed by atoms with van der Waals surface area (Å²) in [6, 6.07) is 5.97. The van der Waals surface area contributed by atoms with Gasteiger partial charge in [-0.05, 0) is 63.1 Å². The summed E-state index contributed by atoms with van der Waals surface area (Å²) in [6.07, 6.45) is 2.62. The molecule has 100 valence electrons. The third-order valence-corrected chi connectivity index (χ3v) is 4.58. The van der Waals surface area contributed by atoms with E-state index in [0.29, 0.717) is 0 Å². The van der Waals surface area contributed by atoms with Gasteiger partial charge in [-0.25, -0.2) is 0 Å². The van der Waals surface area contributed by atoms with Crippen LogP contribution in [0.25, 0.3) is 0 Å². The molecule has 4 heteroatoms. The van der Waals surface area contributed by atoms with Gasteiger partial charge in [0, 0.05) is 16.0 Å². The average molecular weight is 332 g/mol. The van der Waals surface area contributed by atoms with Crippen LogP contribution in [0.15, 0.2) is 22.7 Å². The molecule has 0 saturated carbocycles. The van der Waals surface area contributed by atoms with Crippen LogP contribution >= 0.6 is 27.5 Å². The number of hydrogen-bond donors (Lipinski definition) is 1. The second-order valence-electron chi connectivity index (χ2n) is 5.11. The Morgan fingerprint density at radius 3 is 2.78 bits per heavy atom. The van der Waals surface area contributed by atoms with Crippen LogP contribution in [0.4, 0.5) is 0 Å². The van der Waals surface area contributed by atoms with E-state index in [9.17, 15) is 0 Å². The van der Waals surface area contributed by atoms with Crippen LogP contribution in [-0.4, -0.2) is 31.6 Å². The van der Waals surface area contributed by atoms with Gasteiger partial charge in [0.15, 0.2) is 0 Å². The second kappa shape index (κ2) is 6.90. The lowest BCUT2D eigenvalue weighted by molar-refractivity contribution is 0.216. The SMILES string of the molecule is CN1CCC(CNCc2ccc(Cl)cc2Br)CC1. The van der Waals surface area contributed by atoms with Crippen LogP contribution in [-0.2, 0) is 6.54 Å². The Balaban J connectivity index is 1.75. The van der Waals surface area contributed by atoms with Gasteiger partial charge in [0.1, 0.15) is 0 Å². The molecule has 18 heavy (non-hydrogen) atoms. The Hall–Kier alpha value is -0.0900. The summed E-state index contributed by atoms with van der Waals surface area (Å²) in [4.78, 5) is 2.41. The smallest absolute Gasteiger partial charge is 0.0417 e. The molecule has 1 aromatic rings. The maximum atomic E-state index is 5.93. The van der Waals surface area contributed by atoms with Gasteiger partial charge >= 0.3 is 0 Å². The largest absolute Gasteiger partial charge is 0.312 e. The summed E-state index contributed by atoms with van der Waals surface area (Å²) < 4.78 is 1.09. The summed E-state index contributed by atoms with van der Waals surface area (Å²) >= 11 is 9.48. The second-order valence-corrected chi connectivity index (χ2v) is 6.40. The van der Waals surface area contributed by atoms with Crippen molar-refractivity contribution in [3.05, 3.63) is 33.3 Å². The monoisotopic (exact) mass is 330 g/mol. The number of nitrogens with zero attached hydrogens (tertiary/aromatic N) is 1. The third-order valence-electron chi connectivity index (χ3n) is 3.60. The standard InChI is InChI=1S/C14H20BrClN2/c1-18-6-4-11(5-7-18)9-17-10-12-2-3-13(16)8-14(12)15/h2-3,8,11,17H,4-7,9-10H2,1H3. The van der Waals surface area contributed by atoms with E-state index in [-0.39, 0.29) is 0 Å². The highest BCUT2D eigenvalue weighted by Crippen LogP contribution is 2.21. The van der Waals surface area contributed by atoms with Gasteiger partial charge in [-0.2, -0.15) is 0 Å². The minimum absolute atomic E-state index is 0.779. The Bertz CT molecular complexity index is 389. The van der Waals surface area contributed by atoms with Gasteiger partial charge in [0.25, 0.3) is 0 Å². The molecule has 0 spiro atoms. The fraction of sp³-hybridized carbons (Fsp3) is 0.571. The Morgan fingerprint density at radius 2 is 2.11 bits per heavy atom. The molecule has 1 fully saturated rings. The molecule has 1 saturated heterocycles. The number of benzene rings is 1. The molecule has 1 aliphatic rings. The lowest BCUT2D eigenvalue weighted by Crippen LogP contribution is -2.34. The molecule has 2 rings (SSSR count). The topological polar surface area (TPSA) is 15.3 Å². The molecule has 1 aliphatic heterocycles. The number of piperidine rings is 1. The van der Waals surface area contributed by atoms with Gasteiger partial charge in [0.05, 0.1) is 0 Å². The zero-order valence-corrected chi connectivity index (χ0v) is 13.1. The molecule has 0 aliphatic carbocycles. The fourth-order valence-corrected chi connectivity index (χ4v) is 3.17. The Morgan fingerprint density at radius 1 is 1.39 bits per heavy atom. The number of halogens is 2. The maximum absolute atomic E-state index is 5.93. The summed E-state index contributed by atoms with van der Waals surface area (Å²) in [7, 11) is 2.20. The molecular weight excluding hydrogens is 312 g/mol. The molecule has 1 heterocycles. The van der Waals surface area contributed by atoms with E-state index >= 15 is 0 Å². The molecule has 0 amide bonds. The van der Waals surface area contributed by atoms with Gasteiger partial charge in [-0.3, -0.25) is 0 Å². The fourth-order valence-electron chi connectivity index (χ4n) is 2.34. The molecular formula is C14H20BrClN2. The van der Waals surface area contributed by atoms with Crippen LogP contribution in [0.1, 0.15) is 18.4 Å². The van der Waals surface area contributed by atoms with E-state index in [1.54, 1.807) is 0 Å². The minimum Gasteiger partial charge on any atom is -0.312 e. The number of hydrogen-bond acceptors (Lipinski definition) is 2. The zero-order valence-electron chi connectivity index (χ0n) is 10.8. The summed E-state index contributed by atoms with van der Waals surface area (Å²) in [6.45, 7) is 4.49. The zero-order chi connectivity index (χ0) is 13.0. The summed E-state index contributed by atoms with van der Waals surface area (Å²) in [5.74, 6) is 0.826. The van der Waals surface area contributed by atoms with Crippen molar-refractivity contribution in [2.24, 2.45) is 5.92 Å². The number of rotatable bonds is 4. The number of nitrogens with one attached hydrogen (secondary N) is 1. The predicted octanol–water partition coefficient (Wildman–Crippen LogP) is 3.53. The molecule has 2 nitrogen and oxygen atoms in total. The third kappa shape index (κ3) is 4.23. The normalized spacial score (nSPS) is 18.2. The van der Waals surface area contributed by atoms with E-state index in [1.165, 1.54) is 31.5 Å². The van der Waals surface area contributed by atoms with Crippen molar-refractivity contribution in [1.82, 2.24) is 10.2 Å². The van der Waals surface area contributed by atoms with Crippen LogP contribution in [0.5, 0.6) is 0 Å². The van der Waals surface area contributed by atoms with Crippen LogP contribution in [0.2, 0.25) is 5.02 Å². The Kier molecular flexibility index (Phi) is 5.49. The molecule has 1 aromatic carbocycles. The molecule has 0 aromatic heterocycles. The predicted molar refractivity (Wildman–Crippen MR) is 81.1 cm³/mol. The first-order chi connectivity index (χ1) is 8.65. The quantitative estimate of drug-likeness (QED) is 0.908. The van der Waals surface area contributed by atoms with Crippen LogP contribution < -0.4 is 5.32 Å². The van der Waals surface area contributed by atoms with Crippen molar-refractivity contribution in [1.29, 1.82) is 0 Å². The van der Waals surface area contributed by atoms with E-state index in [4.69, 9.17) is 11.6 Å².